The predicted molar refractivity (Wildman–Crippen MR) is 200 cm³/mol. The van der Waals surface area contributed by atoms with Crippen molar-refractivity contribution in [3.63, 3.8) is 0 Å². The average Bonchev–Trinajstić information content (AvgIpc) is 3.87. The molecule has 11 atom stereocenters. The molecule has 0 aromatic rings. The highest BCUT2D eigenvalue weighted by atomic mass is 16.6. The molecule has 0 radical (unpaired) electrons. The summed E-state index contributed by atoms with van der Waals surface area (Å²) < 4.78 is 34.5. The van der Waals surface area contributed by atoms with Gasteiger partial charge >= 0.3 is 18.0 Å². The first-order valence-electron chi connectivity index (χ1n) is 19.4. The third kappa shape index (κ3) is 15.1. The molecule has 3 N–H and O–H groups in total. The van der Waals surface area contributed by atoms with Crippen molar-refractivity contribution in [3.8, 4) is 0 Å². The molecule has 13 nitrogen and oxygen atoms in total. The molecule has 53 heavy (non-hydrogen) atoms. The molecule has 0 spiro atoms. The quantitative estimate of drug-likeness (QED) is 0.0506. The standard InChI is InChI=1S/C40H66N2O11/c1-9-32(48-8)29(5)24-33-38(51-33)37(53-39(46)41-18-11-19-42-20-22-49-23-21-42)27(3)13-10-12-26(2)36-28(4)14-15-34(50-30(6)43)40(7,47)17-16-31(44)25-35(45)52-36/h10,12-15,27-29,31-34,36-38,44,47H,9,11,16-25H2,1-8H3,(H,41,46)/b13-10+,15-14+,26-12+. The van der Waals surface area contributed by atoms with Crippen LogP contribution in [0.1, 0.15) is 87.0 Å². The Morgan fingerprint density at radius 3 is 2.57 bits per heavy atom. The Labute approximate surface area is 316 Å². The van der Waals surface area contributed by atoms with Crippen LogP contribution in [0, 0.1) is 17.8 Å². The lowest BCUT2D eigenvalue weighted by Gasteiger charge is -2.32. The van der Waals surface area contributed by atoms with Crippen LogP contribution in [0.4, 0.5) is 4.79 Å². The number of aliphatic hydroxyl groups is 2. The Bertz CT molecular complexity index is 1240. The van der Waals surface area contributed by atoms with E-state index in [1.807, 2.05) is 39.0 Å². The molecule has 0 bridgehead atoms. The number of methoxy groups -OCH3 is 1. The van der Waals surface area contributed by atoms with Crippen LogP contribution in [0.25, 0.3) is 0 Å². The lowest BCUT2D eigenvalue weighted by Crippen LogP contribution is -2.42. The number of morpholine rings is 1. The molecule has 0 aliphatic carbocycles. The van der Waals surface area contributed by atoms with Crippen molar-refractivity contribution in [3.05, 3.63) is 36.0 Å². The predicted octanol–water partition coefficient (Wildman–Crippen LogP) is 4.49. The number of esters is 2. The van der Waals surface area contributed by atoms with E-state index in [1.54, 1.807) is 26.2 Å². The zero-order valence-corrected chi connectivity index (χ0v) is 33.2. The maximum absolute atomic E-state index is 13.0. The second kappa shape index (κ2) is 21.9. The van der Waals surface area contributed by atoms with Gasteiger partial charge in [-0.25, -0.2) is 4.79 Å². The van der Waals surface area contributed by atoms with Crippen LogP contribution in [0.15, 0.2) is 36.0 Å². The normalized spacial score (nSPS) is 32.0. The number of nitrogens with zero attached hydrogens (tertiary/aromatic N) is 1. The Morgan fingerprint density at radius 1 is 1.19 bits per heavy atom. The number of carbonyl (C=O) groups is 3. The number of rotatable bonds is 16. The molecule has 2 fully saturated rings. The zero-order valence-electron chi connectivity index (χ0n) is 33.2. The van der Waals surface area contributed by atoms with Crippen LogP contribution in [0.2, 0.25) is 0 Å². The SMILES string of the molecule is CCC(OC)C(C)CC1OC1C(OC(=O)NCCCN1CCOCC1)C(C)/C=C/C=C(\C)C1OC(=O)CC(O)CCC(C)(O)C(OC(C)=O)/C=C/C1C. The van der Waals surface area contributed by atoms with Crippen LogP contribution >= 0.6 is 0 Å². The summed E-state index contributed by atoms with van der Waals surface area (Å²) in [6.45, 7) is 17.4. The van der Waals surface area contributed by atoms with Crippen molar-refractivity contribution in [1.82, 2.24) is 10.2 Å². The van der Waals surface area contributed by atoms with Crippen LogP contribution < -0.4 is 5.32 Å². The molecule has 0 aromatic carbocycles. The van der Waals surface area contributed by atoms with Crippen LogP contribution in [0.5, 0.6) is 0 Å². The number of aliphatic hydroxyl groups excluding tert-OH is 1. The summed E-state index contributed by atoms with van der Waals surface area (Å²) in [4.78, 5) is 40.1. The van der Waals surface area contributed by atoms with Gasteiger partial charge in [-0.3, -0.25) is 14.5 Å². The van der Waals surface area contributed by atoms with Gasteiger partial charge < -0.3 is 44.0 Å². The van der Waals surface area contributed by atoms with E-state index in [9.17, 15) is 24.6 Å². The minimum atomic E-state index is -1.45. The fourth-order valence-corrected chi connectivity index (χ4v) is 7.13. The Hall–Kier alpha value is -2.81. The van der Waals surface area contributed by atoms with Crippen LogP contribution in [0.3, 0.4) is 0 Å². The highest BCUT2D eigenvalue weighted by Gasteiger charge is 2.49. The molecular weight excluding hydrogens is 684 g/mol. The van der Waals surface area contributed by atoms with Crippen molar-refractivity contribution < 1.29 is 53.0 Å². The van der Waals surface area contributed by atoms with E-state index in [4.69, 9.17) is 28.4 Å². The largest absolute Gasteiger partial charge is 0.457 e. The van der Waals surface area contributed by atoms with Crippen LogP contribution in [-0.2, 0) is 38.0 Å². The minimum Gasteiger partial charge on any atom is -0.457 e. The monoisotopic (exact) mass is 750 g/mol. The number of cyclic esters (lactones) is 1. The highest BCUT2D eigenvalue weighted by molar-refractivity contribution is 5.70. The van der Waals surface area contributed by atoms with Gasteiger partial charge in [0.25, 0.3) is 0 Å². The van der Waals surface area contributed by atoms with Gasteiger partial charge in [0.1, 0.15) is 30.0 Å². The number of nitrogens with one attached hydrogen (secondary N) is 1. The maximum Gasteiger partial charge on any atom is 0.407 e. The first-order valence-corrected chi connectivity index (χ1v) is 19.4. The first kappa shape index (κ1) is 44.6. The lowest BCUT2D eigenvalue weighted by molar-refractivity contribution is -0.157. The van der Waals surface area contributed by atoms with Gasteiger partial charge in [0.2, 0.25) is 0 Å². The molecule has 3 aliphatic heterocycles. The van der Waals surface area contributed by atoms with Gasteiger partial charge in [0, 0.05) is 45.5 Å². The van der Waals surface area contributed by atoms with Crippen molar-refractivity contribution in [2.45, 2.75) is 135 Å². The third-order valence-corrected chi connectivity index (χ3v) is 10.5. The van der Waals surface area contributed by atoms with E-state index in [1.165, 1.54) is 6.92 Å². The van der Waals surface area contributed by atoms with E-state index in [-0.39, 0.29) is 55.3 Å². The summed E-state index contributed by atoms with van der Waals surface area (Å²) in [6.07, 6.45) is 7.61. The van der Waals surface area contributed by atoms with Gasteiger partial charge in [-0.05, 0) is 70.1 Å². The summed E-state index contributed by atoms with van der Waals surface area (Å²) in [5.41, 5.74) is -0.718. The molecule has 0 aromatic heterocycles. The molecule has 3 aliphatic rings. The van der Waals surface area contributed by atoms with Gasteiger partial charge in [-0.15, -0.1) is 0 Å². The second-order valence-electron chi connectivity index (χ2n) is 15.2. The van der Waals surface area contributed by atoms with Gasteiger partial charge in [0.15, 0.2) is 0 Å². The van der Waals surface area contributed by atoms with E-state index < -0.39 is 48.0 Å². The maximum atomic E-state index is 13.0. The van der Waals surface area contributed by atoms with Gasteiger partial charge in [-0.1, -0.05) is 52.0 Å². The lowest BCUT2D eigenvalue weighted by atomic mass is 9.88. The molecular formula is C40H66N2O11. The Kier molecular flexibility index (Phi) is 18.4. The summed E-state index contributed by atoms with van der Waals surface area (Å²) in [7, 11) is 1.72. The van der Waals surface area contributed by atoms with E-state index in [0.29, 0.717) is 6.54 Å². The average molecular weight is 751 g/mol. The number of hydrogen-bond donors (Lipinski definition) is 3. The second-order valence-corrected chi connectivity index (χ2v) is 15.2. The molecule has 1 amide bonds. The number of hydrogen-bond acceptors (Lipinski definition) is 12. The van der Waals surface area contributed by atoms with Crippen molar-refractivity contribution in [1.29, 1.82) is 0 Å². The smallest absolute Gasteiger partial charge is 0.407 e. The topological polar surface area (TPSA) is 166 Å². The molecule has 3 heterocycles. The fourth-order valence-electron chi connectivity index (χ4n) is 7.13. The van der Waals surface area contributed by atoms with Crippen molar-refractivity contribution in [2.24, 2.45) is 17.8 Å². The Balaban J connectivity index is 1.74. The number of allylic oxidation sites excluding steroid dienone is 2. The fraction of sp³-hybridized carbons (Fsp3) is 0.775. The van der Waals surface area contributed by atoms with Crippen LogP contribution in [-0.4, -0.2) is 128 Å². The molecule has 3 rings (SSSR count). The molecule has 11 unspecified atom stereocenters. The van der Waals surface area contributed by atoms with Crippen molar-refractivity contribution >= 4 is 18.0 Å². The number of epoxide rings is 1. The first-order chi connectivity index (χ1) is 25.1. The van der Waals surface area contributed by atoms with E-state index >= 15 is 0 Å². The van der Waals surface area contributed by atoms with Gasteiger partial charge in [-0.2, -0.15) is 0 Å². The highest BCUT2D eigenvalue weighted by Crippen LogP contribution is 2.37. The third-order valence-electron chi connectivity index (χ3n) is 10.5. The zero-order chi connectivity index (χ0) is 39.1. The van der Waals surface area contributed by atoms with Crippen molar-refractivity contribution in [2.75, 3.05) is 46.5 Å². The minimum absolute atomic E-state index is 0.0587. The molecule has 2 saturated heterocycles. The number of alkyl carbamates (subject to hydrolysis) is 1. The van der Waals surface area contributed by atoms with Gasteiger partial charge in [0.05, 0.1) is 37.9 Å². The summed E-state index contributed by atoms with van der Waals surface area (Å²) in [5.74, 6) is -1.41. The summed E-state index contributed by atoms with van der Waals surface area (Å²) in [6, 6.07) is 0. The summed E-state index contributed by atoms with van der Waals surface area (Å²) in [5, 5.41) is 24.5. The number of amides is 1. The number of carbonyl (C=O) groups excluding carboxylic acids is 3. The molecule has 0 saturated carbocycles. The number of ether oxygens (including phenoxy) is 6. The molecule has 13 heteroatoms. The van der Waals surface area contributed by atoms with E-state index in [0.717, 1.165) is 57.7 Å². The summed E-state index contributed by atoms with van der Waals surface area (Å²) >= 11 is 0. The van der Waals surface area contributed by atoms with E-state index in [2.05, 4.69) is 24.1 Å². The Morgan fingerprint density at radius 2 is 1.91 bits per heavy atom. The molecule has 302 valence electrons.